The molecule has 1 nitrogen and oxygen atoms in total. The normalized spacial score (nSPS) is 26.9. The van der Waals surface area contributed by atoms with E-state index < -0.39 is 0 Å². The summed E-state index contributed by atoms with van der Waals surface area (Å²) in [6.45, 7) is 12.9. The van der Waals surface area contributed by atoms with Gasteiger partial charge in [0.1, 0.15) is 5.78 Å². The van der Waals surface area contributed by atoms with Gasteiger partial charge in [0.25, 0.3) is 0 Å². The number of hydrogen-bond acceptors (Lipinski definition) is 1. The standard InChI is InChI=1S/C15H26O/c1-11(2)6-7-12-10-13(15(3,4)5)8-9-14(12)16/h12-13H,1,6-10H2,2-5H3/t12-,13-/m1/s1. The van der Waals surface area contributed by atoms with Gasteiger partial charge in [0.05, 0.1) is 0 Å². The number of hydrogen-bond donors (Lipinski definition) is 0. The molecule has 1 saturated carbocycles. The van der Waals surface area contributed by atoms with Crippen LogP contribution in [-0.4, -0.2) is 5.78 Å². The molecular weight excluding hydrogens is 196 g/mol. The van der Waals surface area contributed by atoms with Gasteiger partial charge in [0.2, 0.25) is 0 Å². The molecule has 0 saturated heterocycles. The van der Waals surface area contributed by atoms with Gasteiger partial charge < -0.3 is 0 Å². The Hall–Kier alpha value is -0.590. The summed E-state index contributed by atoms with van der Waals surface area (Å²) in [7, 11) is 0. The van der Waals surface area contributed by atoms with Crippen LogP contribution < -0.4 is 0 Å². The van der Waals surface area contributed by atoms with Gasteiger partial charge in [0, 0.05) is 12.3 Å². The van der Waals surface area contributed by atoms with Gasteiger partial charge in [-0.15, -0.1) is 6.58 Å². The van der Waals surface area contributed by atoms with Crippen molar-refractivity contribution in [2.75, 3.05) is 0 Å². The SMILES string of the molecule is C=C(C)CC[C@@H]1C[C@H](C(C)(C)C)CCC1=O. The van der Waals surface area contributed by atoms with E-state index in [0.717, 1.165) is 32.1 Å². The summed E-state index contributed by atoms with van der Waals surface area (Å²) in [5.74, 6) is 1.50. The highest BCUT2D eigenvalue weighted by Crippen LogP contribution is 2.40. The highest BCUT2D eigenvalue weighted by molar-refractivity contribution is 5.81. The van der Waals surface area contributed by atoms with Crippen molar-refractivity contribution in [3.63, 3.8) is 0 Å². The molecule has 0 bridgehead atoms. The van der Waals surface area contributed by atoms with Gasteiger partial charge in [-0.25, -0.2) is 0 Å². The van der Waals surface area contributed by atoms with Gasteiger partial charge in [-0.05, 0) is 43.9 Å². The predicted octanol–water partition coefficient (Wildman–Crippen LogP) is 4.37. The molecule has 16 heavy (non-hydrogen) atoms. The fourth-order valence-electron chi connectivity index (χ4n) is 2.60. The third kappa shape index (κ3) is 3.77. The summed E-state index contributed by atoms with van der Waals surface area (Å²) < 4.78 is 0. The van der Waals surface area contributed by atoms with Crippen LogP contribution in [0.2, 0.25) is 0 Å². The lowest BCUT2D eigenvalue weighted by Gasteiger charge is -2.37. The first-order valence-corrected chi connectivity index (χ1v) is 6.48. The van der Waals surface area contributed by atoms with Crippen LogP contribution in [-0.2, 0) is 4.79 Å². The Morgan fingerprint density at radius 1 is 1.44 bits per heavy atom. The zero-order valence-electron chi connectivity index (χ0n) is 11.3. The summed E-state index contributed by atoms with van der Waals surface area (Å²) >= 11 is 0. The molecule has 0 aliphatic heterocycles. The van der Waals surface area contributed by atoms with E-state index in [4.69, 9.17) is 0 Å². The monoisotopic (exact) mass is 222 g/mol. The van der Waals surface area contributed by atoms with Crippen molar-refractivity contribution in [2.24, 2.45) is 17.3 Å². The van der Waals surface area contributed by atoms with E-state index in [1.165, 1.54) is 5.57 Å². The molecule has 0 unspecified atom stereocenters. The Labute approximate surface area is 100 Å². The molecule has 1 aliphatic rings. The van der Waals surface area contributed by atoms with Crippen LogP contribution in [0.25, 0.3) is 0 Å². The van der Waals surface area contributed by atoms with Crippen molar-refractivity contribution in [2.45, 2.75) is 59.8 Å². The predicted molar refractivity (Wildman–Crippen MR) is 69.3 cm³/mol. The molecule has 0 heterocycles. The maximum absolute atomic E-state index is 11.8. The second kappa shape index (κ2) is 5.16. The molecule has 1 heteroatoms. The average Bonchev–Trinajstić information content (AvgIpc) is 2.14. The van der Waals surface area contributed by atoms with Crippen molar-refractivity contribution in [3.8, 4) is 0 Å². The Morgan fingerprint density at radius 3 is 2.56 bits per heavy atom. The number of allylic oxidation sites excluding steroid dienone is 1. The Bertz CT molecular complexity index is 270. The molecule has 0 aromatic carbocycles. The van der Waals surface area contributed by atoms with Gasteiger partial charge in [-0.3, -0.25) is 4.79 Å². The quantitative estimate of drug-likeness (QED) is 0.648. The smallest absolute Gasteiger partial charge is 0.136 e. The zero-order valence-corrected chi connectivity index (χ0v) is 11.3. The molecule has 0 aromatic heterocycles. The number of rotatable bonds is 3. The Kier molecular flexibility index (Phi) is 4.35. The number of carbonyl (C=O) groups excluding carboxylic acids is 1. The summed E-state index contributed by atoms with van der Waals surface area (Å²) in [6.07, 6.45) is 5.00. The molecule has 0 amide bonds. The fraction of sp³-hybridized carbons (Fsp3) is 0.800. The lowest BCUT2D eigenvalue weighted by atomic mass is 9.68. The molecule has 1 rings (SSSR count). The van der Waals surface area contributed by atoms with Crippen molar-refractivity contribution in [1.29, 1.82) is 0 Å². The topological polar surface area (TPSA) is 17.1 Å². The highest BCUT2D eigenvalue weighted by Gasteiger charge is 2.34. The average molecular weight is 222 g/mol. The number of ketones is 1. The molecule has 0 spiro atoms. The van der Waals surface area contributed by atoms with Crippen LogP contribution in [0.15, 0.2) is 12.2 Å². The van der Waals surface area contributed by atoms with E-state index in [1.807, 2.05) is 0 Å². The van der Waals surface area contributed by atoms with Crippen molar-refractivity contribution in [3.05, 3.63) is 12.2 Å². The van der Waals surface area contributed by atoms with Gasteiger partial charge in [0.15, 0.2) is 0 Å². The molecular formula is C15H26O. The number of carbonyl (C=O) groups is 1. The van der Waals surface area contributed by atoms with Gasteiger partial charge in [-0.1, -0.05) is 26.3 Å². The lowest BCUT2D eigenvalue weighted by Crippen LogP contribution is -2.32. The van der Waals surface area contributed by atoms with Crippen LogP contribution in [0, 0.1) is 17.3 Å². The second-order valence-electron chi connectivity index (χ2n) is 6.50. The van der Waals surface area contributed by atoms with E-state index in [1.54, 1.807) is 0 Å². The molecule has 0 N–H and O–H groups in total. The maximum atomic E-state index is 11.8. The molecule has 1 aliphatic carbocycles. The first-order valence-electron chi connectivity index (χ1n) is 6.48. The summed E-state index contributed by atoms with van der Waals surface area (Å²) in [6, 6.07) is 0. The van der Waals surface area contributed by atoms with E-state index in [0.29, 0.717) is 23.0 Å². The molecule has 2 atom stereocenters. The summed E-state index contributed by atoms with van der Waals surface area (Å²) in [4.78, 5) is 11.8. The van der Waals surface area contributed by atoms with Crippen LogP contribution >= 0.6 is 0 Å². The van der Waals surface area contributed by atoms with E-state index in [-0.39, 0.29) is 0 Å². The van der Waals surface area contributed by atoms with Crippen molar-refractivity contribution in [1.82, 2.24) is 0 Å². The Morgan fingerprint density at radius 2 is 2.06 bits per heavy atom. The molecule has 1 fully saturated rings. The molecule has 0 aromatic rings. The van der Waals surface area contributed by atoms with Crippen LogP contribution in [0.1, 0.15) is 59.8 Å². The van der Waals surface area contributed by atoms with Crippen molar-refractivity contribution < 1.29 is 4.79 Å². The third-order valence-electron chi connectivity index (χ3n) is 3.91. The fourth-order valence-corrected chi connectivity index (χ4v) is 2.60. The van der Waals surface area contributed by atoms with E-state index in [9.17, 15) is 4.79 Å². The number of Topliss-reactive ketones (excluding diaryl/α,β-unsaturated/α-hetero) is 1. The first-order chi connectivity index (χ1) is 7.30. The minimum atomic E-state index is 0.301. The van der Waals surface area contributed by atoms with E-state index >= 15 is 0 Å². The molecule has 92 valence electrons. The maximum Gasteiger partial charge on any atom is 0.136 e. The van der Waals surface area contributed by atoms with Crippen LogP contribution in [0.5, 0.6) is 0 Å². The highest BCUT2D eigenvalue weighted by atomic mass is 16.1. The summed E-state index contributed by atoms with van der Waals surface area (Å²) in [5.41, 5.74) is 1.55. The largest absolute Gasteiger partial charge is 0.299 e. The third-order valence-corrected chi connectivity index (χ3v) is 3.91. The lowest BCUT2D eigenvalue weighted by molar-refractivity contribution is -0.126. The molecule has 0 radical (unpaired) electrons. The van der Waals surface area contributed by atoms with Gasteiger partial charge >= 0.3 is 0 Å². The first kappa shape index (κ1) is 13.5. The second-order valence-corrected chi connectivity index (χ2v) is 6.50. The van der Waals surface area contributed by atoms with Crippen LogP contribution in [0.4, 0.5) is 0 Å². The van der Waals surface area contributed by atoms with Crippen LogP contribution in [0.3, 0.4) is 0 Å². The zero-order chi connectivity index (χ0) is 12.3. The minimum absolute atomic E-state index is 0.301. The van der Waals surface area contributed by atoms with Gasteiger partial charge in [-0.2, -0.15) is 0 Å². The van der Waals surface area contributed by atoms with Crippen molar-refractivity contribution >= 4 is 5.78 Å². The van der Waals surface area contributed by atoms with E-state index in [2.05, 4.69) is 34.3 Å². The summed E-state index contributed by atoms with van der Waals surface area (Å²) in [5, 5.41) is 0. The minimum Gasteiger partial charge on any atom is -0.299 e. The Balaban J connectivity index is 2.55.